The van der Waals surface area contributed by atoms with Gasteiger partial charge >= 0.3 is 0 Å². The van der Waals surface area contributed by atoms with Gasteiger partial charge in [0.05, 0.1) is 23.4 Å². The number of benzene rings is 1. The summed E-state index contributed by atoms with van der Waals surface area (Å²) >= 11 is 0. The zero-order valence-corrected chi connectivity index (χ0v) is 15.4. The number of amides is 1. The Bertz CT molecular complexity index is 622. The molecule has 3 N–H and O–H groups in total. The van der Waals surface area contributed by atoms with E-state index in [2.05, 4.69) is 20.9 Å². The molecule has 1 aromatic carbocycles. The minimum absolute atomic E-state index is 0. The number of hydrogen-bond donors (Lipinski definition) is 2. The summed E-state index contributed by atoms with van der Waals surface area (Å²) in [7, 11) is 0. The van der Waals surface area contributed by atoms with Gasteiger partial charge in [-0.2, -0.15) is 0 Å². The third-order valence-electron chi connectivity index (χ3n) is 3.62. The minimum Gasteiger partial charge on any atom is -0.355 e. The SMILES string of the molecule is CC(C)(C)[C@H](N)C(=O)NCCCn1cnc2ccccc21.Cl.Cl. The molecule has 0 bridgehead atoms. The molecule has 2 rings (SSSR count). The van der Waals surface area contributed by atoms with E-state index >= 15 is 0 Å². The third-order valence-corrected chi connectivity index (χ3v) is 3.62. The molecule has 0 saturated carbocycles. The van der Waals surface area contributed by atoms with Crippen LogP contribution < -0.4 is 11.1 Å². The topological polar surface area (TPSA) is 72.9 Å². The lowest BCUT2D eigenvalue weighted by Crippen LogP contribution is -2.48. The maximum Gasteiger partial charge on any atom is 0.237 e. The van der Waals surface area contributed by atoms with Crippen molar-refractivity contribution in [2.75, 3.05) is 6.54 Å². The zero-order valence-electron chi connectivity index (χ0n) is 13.8. The summed E-state index contributed by atoms with van der Waals surface area (Å²) in [6.07, 6.45) is 2.69. The molecule has 130 valence electrons. The number of carbonyl (C=O) groups is 1. The van der Waals surface area contributed by atoms with Crippen molar-refractivity contribution >= 4 is 41.8 Å². The average Bonchev–Trinajstić information content (AvgIpc) is 2.85. The van der Waals surface area contributed by atoms with Crippen molar-refractivity contribution in [3.8, 4) is 0 Å². The molecule has 1 amide bonds. The van der Waals surface area contributed by atoms with E-state index in [1.807, 2.05) is 45.3 Å². The smallest absolute Gasteiger partial charge is 0.237 e. The Balaban J connectivity index is 0.00000242. The summed E-state index contributed by atoms with van der Waals surface area (Å²) in [5.41, 5.74) is 7.82. The second-order valence-electron chi connectivity index (χ2n) is 6.41. The first-order valence-corrected chi connectivity index (χ1v) is 7.33. The second-order valence-corrected chi connectivity index (χ2v) is 6.41. The van der Waals surface area contributed by atoms with Gasteiger partial charge in [-0.1, -0.05) is 32.9 Å². The number of fused-ring (bicyclic) bond motifs is 1. The van der Waals surface area contributed by atoms with Crippen LogP contribution in [0.4, 0.5) is 0 Å². The molecule has 0 aliphatic rings. The first-order valence-electron chi connectivity index (χ1n) is 7.33. The largest absolute Gasteiger partial charge is 0.355 e. The Morgan fingerprint density at radius 1 is 1.30 bits per heavy atom. The van der Waals surface area contributed by atoms with Crippen molar-refractivity contribution in [2.45, 2.75) is 39.8 Å². The Labute approximate surface area is 149 Å². The fourth-order valence-corrected chi connectivity index (χ4v) is 2.15. The van der Waals surface area contributed by atoms with E-state index in [0.717, 1.165) is 24.0 Å². The van der Waals surface area contributed by atoms with Crippen molar-refractivity contribution in [1.29, 1.82) is 0 Å². The predicted molar refractivity (Wildman–Crippen MR) is 99.3 cm³/mol. The van der Waals surface area contributed by atoms with Crippen LogP contribution in [-0.4, -0.2) is 28.0 Å². The van der Waals surface area contributed by atoms with Gasteiger partial charge in [0, 0.05) is 13.1 Å². The summed E-state index contributed by atoms with van der Waals surface area (Å²) in [4.78, 5) is 16.3. The number of carbonyl (C=O) groups excluding carboxylic acids is 1. The van der Waals surface area contributed by atoms with Crippen LogP contribution in [0.15, 0.2) is 30.6 Å². The van der Waals surface area contributed by atoms with Gasteiger partial charge in [-0.05, 0) is 24.0 Å². The van der Waals surface area contributed by atoms with Crippen LogP contribution >= 0.6 is 24.8 Å². The number of imidazole rings is 1. The Morgan fingerprint density at radius 3 is 2.61 bits per heavy atom. The van der Waals surface area contributed by atoms with Crippen LogP contribution in [0.3, 0.4) is 0 Å². The number of nitrogens with one attached hydrogen (secondary N) is 1. The molecule has 1 aromatic heterocycles. The number of nitrogens with zero attached hydrogens (tertiary/aromatic N) is 2. The normalized spacial score (nSPS) is 12.2. The highest BCUT2D eigenvalue weighted by Gasteiger charge is 2.26. The van der Waals surface area contributed by atoms with E-state index in [0.29, 0.717) is 6.54 Å². The maximum atomic E-state index is 11.9. The maximum absolute atomic E-state index is 11.9. The van der Waals surface area contributed by atoms with Gasteiger partial charge in [0.2, 0.25) is 5.91 Å². The van der Waals surface area contributed by atoms with Gasteiger partial charge in [-0.15, -0.1) is 24.8 Å². The second kappa shape index (κ2) is 9.11. The van der Waals surface area contributed by atoms with Crippen LogP contribution in [0.1, 0.15) is 27.2 Å². The fraction of sp³-hybridized carbons (Fsp3) is 0.500. The van der Waals surface area contributed by atoms with Crippen molar-refractivity contribution in [3.63, 3.8) is 0 Å². The van der Waals surface area contributed by atoms with Crippen molar-refractivity contribution in [2.24, 2.45) is 11.1 Å². The van der Waals surface area contributed by atoms with Crippen LogP contribution in [0, 0.1) is 5.41 Å². The van der Waals surface area contributed by atoms with Crippen LogP contribution in [0.2, 0.25) is 0 Å². The number of halogens is 2. The first-order chi connectivity index (χ1) is 9.89. The molecular weight excluding hydrogens is 335 g/mol. The van der Waals surface area contributed by atoms with E-state index in [1.165, 1.54) is 0 Å². The Morgan fingerprint density at radius 2 is 1.96 bits per heavy atom. The molecule has 0 saturated heterocycles. The van der Waals surface area contributed by atoms with E-state index in [4.69, 9.17) is 5.73 Å². The molecule has 1 atom stereocenters. The molecule has 0 radical (unpaired) electrons. The van der Waals surface area contributed by atoms with E-state index < -0.39 is 6.04 Å². The summed E-state index contributed by atoms with van der Waals surface area (Å²) in [6.45, 7) is 7.35. The molecular formula is C16H26Cl2N4O. The standard InChI is InChI=1S/C16H24N4O.2ClH/c1-16(2,3)14(17)15(21)18-9-6-10-20-11-19-12-7-4-5-8-13(12)20;;/h4-5,7-8,11,14H,6,9-10,17H2,1-3H3,(H,18,21);2*1H/t14-;;/m1../s1. The van der Waals surface area contributed by atoms with Crippen LogP contribution in [0.5, 0.6) is 0 Å². The lowest BCUT2D eigenvalue weighted by Gasteiger charge is -2.25. The van der Waals surface area contributed by atoms with Gasteiger partial charge in [0.1, 0.15) is 0 Å². The lowest BCUT2D eigenvalue weighted by molar-refractivity contribution is -0.124. The molecule has 0 unspecified atom stereocenters. The van der Waals surface area contributed by atoms with Crippen molar-refractivity contribution in [1.82, 2.24) is 14.9 Å². The molecule has 0 aliphatic carbocycles. The number of hydrogen-bond acceptors (Lipinski definition) is 3. The number of rotatable bonds is 5. The van der Waals surface area contributed by atoms with Crippen molar-refractivity contribution in [3.05, 3.63) is 30.6 Å². The summed E-state index contributed by atoms with van der Waals surface area (Å²) in [6, 6.07) is 7.55. The first kappa shape index (κ1) is 21.7. The number of nitrogens with two attached hydrogens (primary N) is 1. The molecule has 0 fully saturated rings. The summed E-state index contributed by atoms with van der Waals surface area (Å²) in [5, 5.41) is 2.90. The zero-order chi connectivity index (χ0) is 15.5. The van der Waals surface area contributed by atoms with Gasteiger partial charge in [0.15, 0.2) is 0 Å². The van der Waals surface area contributed by atoms with Crippen LogP contribution in [-0.2, 0) is 11.3 Å². The highest BCUT2D eigenvalue weighted by molar-refractivity contribution is 5.85. The molecule has 7 heteroatoms. The highest BCUT2D eigenvalue weighted by atomic mass is 35.5. The predicted octanol–water partition coefficient (Wildman–Crippen LogP) is 2.76. The fourth-order valence-electron chi connectivity index (χ4n) is 2.15. The van der Waals surface area contributed by atoms with Gasteiger partial charge in [-0.3, -0.25) is 4.79 Å². The Hall–Kier alpha value is -1.30. The molecule has 0 spiro atoms. The third kappa shape index (κ3) is 5.68. The van der Waals surface area contributed by atoms with Crippen molar-refractivity contribution < 1.29 is 4.79 Å². The average molecular weight is 361 g/mol. The molecule has 5 nitrogen and oxygen atoms in total. The number of aryl methyl sites for hydroxylation is 1. The van der Waals surface area contributed by atoms with Gasteiger partial charge < -0.3 is 15.6 Å². The monoisotopic (exact) mass is 360 g/mol. The van der Waals surface area contributed by atoms with Gasteiger partial charge in [0.25, 0.3) is 0 Å². The molecule has 0 aliphatic heterocycles. The van der Waals surface area contributed by atoms with Crippen LogP contribution in [0.25, 0.3) is 11.0 Å². The Kier molecular flexibility index (Phi) is 8.59. The molecule has 2 aromatic rings. The van der Waals surface area contributed by atoms with Gasteiger partial charge in [-0.25, -0.2) is 4.98 Å². The minimum atomic E-state index is -0.480. The summed E-state index contributed by atoms with van der Waals surface area (Å²) < 4.78 is 2.10. The van der Waals surface area contributed by atoms with E-state index in [9.17, 15) is 4.79 Å². The van der Waals surface area contributed by atoms with E-state index in [-0.39, 0.29) is 36.1 Å². The lowest BCUT2D eigenvalue weighted by atomic mass is 9.87. The highest BCUT2D eigenvalue weighted by Crippen LogP contribution is 2.17. The van der Waals surface area contributed by atoms with E-state index in [1.54, 1.807) is 0 Å². The number of aromatic nitrogens is 2. The quantitative estimate of drug-likeness (QED) is 0.805. The summed E-state index contributed by atoms with van der Waals surface area (Å²) in [5.74, 6) is -0.0852. The molecule has 1 heterocycles. The number of para-hydroxylation sites is 2. The molecule has 23 heavy (non-hydrogen) atoms.